The predicted octanol–water partition coefficient (Wildman–Crippen LogP) is 2.79. The molecule has 0 unspecified atom stereocenters. The van der Waals surface area contributed by atoms with E-state index in [4.69, 9.17) is 12.2 Å². The van der Waals surface area contributed by atoms with Crippen LogP contribution in [-0.2, 0) is 0 Å². The first kappa shape index (κ1) is 12.4. The summed E-state index contributed by atoms with van der Waals surface area (Å²) in [6, 6.07) is 7.16. The Morgan fingerprint density at radius 2 is 2.00 bits per heavy atom. The van der Waals surface area contributed by atoms with Crippen LogP contribution in [0.25, 0.3) is 0 Å². The summed E-state index contributed by atoms with van der Waals surface area (Å²) in [6.07, 6.45) is 0. The molecule has 0 fully saturated rings. The molecular formula is C12H12N4OS. The number of hydrogen-bond donors (Lipinski definition) is 2. The van der Waals surface area contributed by atoms with Crippen molar-refractivity contribution in [3.05, 3.63) is 40.3 Å². The van der Waals surface area contributed by atoms with Crippen molar-refractivity contribution in [3.8, 4) is 0 Å². The number of ketones is 1. The highest BCUT2D eigenvalue weighted by Gasteiger charge is 2.03. The maximum Gasteiger partial charge on any atom is 0.215 e. The van der Waals surface area contributed by atoms with Gasteiger partial charge in [-0.1, -0.05) is 0 Å². The van der Waals surface area contributed by atoms with Gasteiger partial charge in [0.2, 0.25) is 4.77 Å². The van der Waals surface area contributed by atoms with Gasteiger partial charge in [0.05, 0.1) is 0 Å². The van der Waals surface area contributed by atoms with E-state index in [1.165, 1.54) is 6.92 Å². The first-order valence-corrected chi connectivity index (χ1v) is 5.78. The van der Waals surface area contributed by atoms with E-state index >= 15 is 0 Å². The number of carbonyl (C=O) groups excluding carboxylic acids is 1. The molecule has 2 aromatic rings. The largest absolute Gasteiger partial charge is 0.339 e. The molecule has 0 amide bonds. The Kier molecular flexibility index (Phi) is 3.47. The maximum atomic E-state index is 11.2. The molecule has 0 aliphatic heterocycles. The highest BCUT2D eigenvalue weighted by atomic mass is 32.1. The lowest BCUT2D eigenvalue weighted by Crippen LogP contribution is -2.01. The third-order valence-electron chi connectivity index (χ3n) is 2.43. The van der Waals surface area contributed by atoms with Gasteiger partial charge in [-0.2, -0.15) is 10.1 Å². The topological polar surface area (TPSA) is 70.7 Å². The molecule has 1 aromatic heterocycles. The van der Waals surface area contributed by atoms with Gasteiger partial charge in [0.15, 0.2) is 11.6 Å². The number of Topliss-reactive ketones (excluding diaryl/α,β-unsaturated/α-hetero) is 1. The van der Waals surface area contributed by atoms with Crippen molar-refractivity contribution in [2.45, 2.75) is 13.8 Å². The van der Waals surface area contributed by atoms with Crippen molar-refractivity contribution in [1.29, 1.82) is 0 Å². The SMILES string of the molecule is CC(=O)c1ccc(Nc2nc(=S)[nH]nc2C)cc1. The fourth-order valence-electron chi connectivity index (χ4n) is 1.44. The van der Waals surface area contributed by atoms with Gasteiger partial charge < -0.3 is 5.32 Å². The summed E-state index contributed by atoms with van der Waals surface area (Å²) < 4.78 is 0.323. The summed E-state index contributed by atoms with van der Waals surface area (Å²) in [5.74, 6) is 0.647. The maximum absolute atomic E-state index is 11.2. The summed E-state index contributed by atoms with van der Waals surface area (Å²) in [5.41, 5.74) is 2.23. The standard InChI is InChI=1S/C12H12N4OS/c1-7-11(14-12(18)16-15-7)13-10-5-3-9(4-6-10)8(2)17/h3-6H,1-2H3,(H2,13,14,16,18). The van der Waals surface area contributed by atoms with Gasteiger partial charge in [0, 0.05) is 11.3 Å². The smallest absolute Gasteiger partial charge is 0.215 e. The lowest BCUT2D eigenvalue weighted by atomic mass is 10.1. The molecule has 2 rings (SSSR count). The average Bonchev–Trinajstić information content (AvgIpc) is 2.34. The molecule has 0 saturated heterocycles. The number of benzene rings is 1. The van der Waals surface area contributed by atoms with E-state index in [0.29, 0.717) is 16.2 Å². The second kappa shape index (κ2) is 5.05. The van der Waals surface area contributed by atoms with Crippen LogP contribution in [0.2, 0.25) is 0 Å². The minimum atomic E-state index is 0.0414. The number of hydrogen-bond acceptors (Lipinski definition) is 5. The van der Waals surface area contributed by atoms with Gasteiger partial charge in [-0.05, 0) is 50.3 Å². The van der Waals surface area contributed by atoms with Crippen LogP contribution < -0.4 is 5.32 Å². The van der Waals surface area contributed by atoms with E-state index in [0.717, 1.165) is 11.4 Å². The number of rotatable bonds is 3. The van der Waals surface area contributed by atoms with E-state index < -0.39 is 0 Å². The Balaban J connectivity index is 2.26. The number of anilines is 2. The molecule has 0 saturated carbocycles. The Morgan fingerprint density at radius 3 is 2.61 bits per heavy atom. The monoisotopic (exact) mass is 260 g/mol. The van der Waals surface area contributed by atoms with Crippen molar-refractivity contribution < 1.29 is 4.79 Å². The van der Waals surface area contributed by atoms with Crippen LogP contribution in [-0.4, -0.2) is 21.0 Å². The zero-order chi connectivity index (χ0) is 13.1. The normalized spacial score (nSPS) is 10.1. The zero-order valence-electron chi connectivity index (χ0n) is 10.0. The van der Waals surface area contributed by atoms with Crippen molar-refractivity contribution in [2.75, 3.05) is 5.32 Å². The lowest BCUT2D eigenvalue weighted by Gasteiger charge is -2.07. The highest BCUT2D eigenvalue weighted by molar-refractivity contribution is 7.71. The predicted molar refractivity (Wildman–Crippen MR) is 71.7 cm³/mol. The third kappa shape index (κ3) is 2.78. The number of aryl methyl sites for hydroxylation is 1. The summed E-state index contributed by atoms with van der Waals surface area (Å²) in [4.78, 5) is 15.3. The summed E-state index contributed by atoms with van der Waals surface area (Å²) in [6.45, 7) is 3.36. The fourth-order valence-corrected chi connectivity index (χ4v) is 1.57. The first-order valence-electron chi connectivity index (χ1n) is 5.37. The van der Waals surface area contributed by atoms with E-state index in [-0.39, 0.29) is 5.78 Å². The number of nitrogens with one attached hydrogen (secondary N) is 2. The van der Waals surface area contributed by atoms with Gasteiger partial charge in [-0.25, -0.2) is 0 Å². The molecule has 1 aromatic carbocycles. The number of carbonyl (C=O) groups is 1. The third-order valence-corrected chi connectivity index (χ3v) is 2.61. The average molecular weight is 260 g/mol. The number of H-pyrrole nitrogens is 1. The molecule has 1 heterocycles. The second-order valence-electron chi connectivity index (χ2n) is 3.83. The minimum Gasteiger partial charge on any atom is -0.339 e. The summed E-state index contributed by atoms with van der Waals surface area (Å²) in [7, 11) is 0. The van der Waals surface area contributed by atoms with E-state index in [1.807, 2.05) is 19.1 Å². The molecule has 0 radical (unpaired) electrons. The Morgan fingerprint density at radius 1 is 1.33 bits per heavy atom. The second-order valence-corrected chi connectivity index (χ2v) is 4.22. The molecule has 92 valence electrons. The van der Waals surface area contributed by atoms with Crippen LogP contribution in [0.5, 0.6) is 0 Å². The first-order chi connectivity index (χ1) is 8.56. The van der Waals surface area contributed by atoms with Crippen LogP contribution >= 0.6 is 12.2 Å². The molecule has 0 atom stereocenters. The molecule has 2 N–H and O–H groups in total. The molecule has 0 bridgehead atoms. The molecule has 0 aliphatic carbocycles. The Labute approximate surface area is 109 Å². The molecular weight excluding hydrogens is 248 g/mol. The van der Waals surface area contributed by atoms with Crippen molar-refractivity contribution in [2.24, 2.45) is 0 Å². The fraction of sp³-hybridized carbons (Fsp3) is 0.167. The molecule has 0 spiro atoms. The lowest BCUT2D eigenvalue weighted by molar-refractivity contribution is 0.101. The van der Waals surface area contributed by atoms with Crippen LogP contribution in [0, 0.1) is 11.7 Å². The van der Waals surface area contributed by atoms with Crippen LogP contribution in [0.1, 0.15) is 23.0 Å². The van der Waals surface area contributed by atoms with Crippen molar-refractivity contribution in [1.82, 2.24) is 15.2 Å². The molecule has 18 heavy (non-hydrogen) atoms. The minimum absolute atomic E-state index is 0.0414. The van der Waals surface area contributed by atoms with Gasteiger partial charge in [-0.15, -0.1) is 0 Å². The molecule has 5 nitrogen and oxygen atoms in total. The Hall–Kier alpha value is -2.08. The van der Waals surface area contributed by atoms with Crippen LogP contribution in [0.4, 0.5) is 11.5 Å². The van der Waals surface area contributed by atoms with Gasteiger partial charge in [0.25, 0.3) is 0 Å². The summed E-state index contributed by atoms with van der Waals surface area (Å²) in [5, 5.41) is 9.74. The number of aromatic nitrogens is 3. The van der Waals surface area contributed by atoms with Gasteiger partial charge in [-0.3, -0.25) is 9.89 Å². The van der Waals surface area contributed by atoms with Crippen molar-refractivity contribution in [3.63, 3.8) is 0 Å². The van der Waals surface area contributed by atoms with Crippen LogP contribution in [0.3, 0.4) is 0 Å². The van der Waals surface area contributed by atoms with Crippen molar-refractivity contribution >= 4 is 29.5 Å². The Bertz CT molecular complexity index is 633. The summed E-state index contributed by atoms with van der Waals surface area (Å²) >= 11 is 4.92. The van der Waals surface area contributed by atoms with Gasteiger partial charge >= 0.3 is 0 Å². The van der Waals surface area contributed by atoms with E-state index in [1.54, 1.807) is 12.1 Å². The highest BCUT2D eigenvalue weighted by Crippen LogP contribution is 2.16. The van der Waals surface area contributed by atoms with Gasteiger partial charge in [0.1, 0.15) is 5.69 Å². The van der Waals surface area contributed by atoms with Crippen LogP contribution in [0.15, 0.2) is 24.3 Å². The quantitative estimate of drug-likeness (QED) is 0.656. The zero-order valence-corrected chi connectivity index (χ0v) is 10.8. The van der Waals surface area contributed by atoms with E-state index in [2.05, 4.69) is 20.5 Å². The number of aromatic amines is 1. The molecule has 0 aliphatic rings. The number of nitrogens with zero attached hydrogens (tertiary/aromatic N) is 2. The molecule has 6 heteroatoms. The van der Waals surface area contributed by atoms with E-state index in [9.17, 15) is 4.79 Å².